The fraction of sp³-hybridized carbons (Fsp3) is 0.538. The van der Waals surface area contributed by atoms with Crippen LogP contribution >= 0.6 is 0 Å². The van der Waals surface area contributed by atoms with Crippen LogP contribution < -0.4 is 0 Å². The van der Waals surface area contributed by atoms with Gasteiger partial charge in [-0.15, -0.1) is 0 Å². The van der Waals surface area contributed by atoms with Gasteiger partial charge in [0.05, 0.1) is 18.8 Å². The van der Waals surface area contributed by atoms with E-state index in [0.717, 1.165) is 5.56 Å². The smallest absolute Gasteiger partial charge is 0.100 e. The second-order valence-corrected chi connectivity index (χ2v) is 4.02. The van der Waals surface area contributed by atoms with Crippen molar-refractivity contribution in [2.75, 3.05) is 13.2 Å². The van der Waals surface area contributed by atoms with Crippen molar-refractivity contribution >= 4 is 0 Å². The summed E-state index contributed by atoms with van der Waals surface area (Å²) in [6.45, 7) is 3.74. The van der Waals surface area contributed by atoms with E-state index < -0.39 is 11.7 Å². The fourth-order valence-electron chi connectivity index (χ4n) is 1.28. The summed E-state index contributed by atoms with van der Waals surface area (Å²) in [5, 5.41) is 17.9. The molecule has 0 aliphatic carbocycles. The molecule has 0 bridgehead atoms. The first-order chi connectivity index (χ1) is 7.06. The Labute approximate surface area is 97.7 Å². The van der Waals surface area contributed by atoms with Crippen LogP contribution in [0.15, 0.2) is 30.3 Å². The molecule has 0 spiro atoms. The Hall–Kier alpha value is -0.900. The number of benzene rings is 1. The largest absolute Gasteiger partial charge is 0.394 e. The number of hydrogen-bond donors (Lipinski definition) is 2. The first-order valence-electron chi connectivity index (χ1n) is 5.04. The summed E-state index contributed by atoms with van der Waals surface area (Å²) in [6.07, 6.45) is -0.812. The van der Waals surface area contributed by atoms with Gasteiger partial charge in [0.1, 0.15) is 6.10 Å². The van der Waals surface area contributed by atoms with Crippen LogP contribution in [0.3, 0.4) is 0 Å². The molecule has 0 aromatic heterocycles. The maximum absolute atomic E-state index is 9.19. The van der Waals surface area contributed by atoms with Crippen molar-refractivity contribution in [2.45, 2.75) is 33.0 Å². The molecule has 1 unspecified atom stereocenters. The second kappa shape index (κ2) is 6.63. The van der Waals surface area contributed by atoms with E-state index in [1.54, 1.807) is 0 Å². The van der Waals surface area contributed by atoms with Crippen molar-refractivity contribution in [3.05, 3.63) is 35.9 Å². The average molecular weight is 226 g/mol. The van der Waals surface area contributed by atoms with Crippen LogP contribution in [-0.4, -0.2) is 29.5 Å². The van der Waals surface area contributed by atoms with E-state index in [1.165, 1.54) is 0 Å². The van der Waals surface area contributed by atoms with Crippen molar-refractivity contribution in [2.24, 2.45) is 0 Å². The van der Waals surface area contributed by atoms with E-state index in [0.29, 0.717) is 0 Å². The molecule has 0 aliphatic rings. The molecule has 1 aromatic rings. The maximum Gasteiger partial charge on any atom is 0.100 e. The molecule has 0 amide bonds. The zero-order valence-corrected chi connectivity index (χ0v) is 9.18. The standard InChI is InChI=1S/C12H18O3.CH4/c1-12(2,15-9-11(14)8-13)10-6-4-3-5-7-10;/h3-7,11,13-14H,8-9H2,1-2H3;1H4. The molecule has 2 N–H and O–H groups in total. The normalized spacial score (nSPS) is 13.0. The lowest BCUT2D eigenvalue weighted by molar-refractivity contribution is -0.0741. The van der Waals surface area contributed by atoms with Crippen LogP contribution in [0.2, 0.25) is 0 Å². The molecule has 92 valence electrons. The highest BCUT2D eigenvalue weighted by Crippen LogP contribution is 2.24. The van der Waals surface area contributed by atoms with Gasteiger partial charge in [0, 0.05) is 0 Å². The topological polar surface area (TPSA) is 49.7 Å². The van der Waals surface area contributed by atoms with Gasteiger partial charge in [-0.3, -0.25) is 0 Å². The second-order valence-electron chi connectivity index (χ2n) is 4.02. The van der Waals surface area contributed by atoms with Gasteiger partial charge in [-0.2, -0.15) is 0 Å². The third kappa shape index (κ3) is 4.31. The van der Waals surface area contributed by atoms with E-state index in [4.69, 9.17) is 9.84 Å². The molecule has 16 heavy (non-hydrogen) atoms. The van der Waals surface area contributed by atoms with Crippen molar-refractivity contribution in [3.63, 3.8) is 0 Å². The lowest BCUT2D eigenvalue weighted by Crippen LogP contribution is -2.28. The highest BCUT2D eigenvalue weighted by molar-refractivity contribution is 5.20. The molecule has 1 rings (SSSR count). The number of hydrogen-bond acceptors (Lipinski definition) is 3. The van der Waals surface area contributed by atoms with Crippen molar-refractivity contribution in [1.29, 1.82) is 0 Å². The van der Waals surface area contributed by atoms with Crippen LogP contribution in [0.1, 0.15) is 26.8 Å². The Morgan fingerprint density at radius 1 is 1.25 bits per heavy atom. The SMILES string of the molecule is C.CC(C)(OCC(O)CO)c1ccccc1. The molecular formula is C13H22O3. The van der Waals surface area contributed by atoms with Crippen LogP contribution in [0.25, 0.3) is 0 Å². The minimum absolute atomic E-state index is 0. The summed E-state index contributed by atoms with van der Waals surface area (Å²) >= 11 is 0. The van der Waals surface area contributed by atoms with E-state index in [2.05, 4.69) is 0 Å². The lowest BCUT2D eigenvalue weighted by atomic mass is 9.98. The lowest BCUT2D eigenvalue weighted by Gasteiger charge is -2.27. The number of rotatable bonds is 5. The van der Waals surface area contributed by atoms with E-state index in [1.807, 2.05) is 44.2 Å². The zero-order chi connectivity index (χ0) is 11.3. The predicted octanol–water partition coefficient (Wildman–Crippen LogP) is 1.93. The molecular weight excluding hydrogens is 204 g/mol. The predicted molar refractivity (Wildman–Crippen MR) is 65.2 cm³/mol. The molecule has 0 saturated heterocycles. The Morgan fingerprint density at radius 2 is 1.81 bits per heavy atom. The average Bonchev–Trinajstić information content (AvgIpc) is 2.27. The van der Waals surface area contributed by atoms with Crippen molar-refractivity contribution in [3.8, 4) is 0 Å². The van der Waals surface area contributed by atoms with Crippen molar-refractivity contribution < 1.29 is 14.9 Å². The minimum atomic E-state index is -0.812. The van der Waals surface area contributed by atoms with Gasteiger partial charge in [0.15, 0.2) is 0 Å². The number of aliphatic hydroxyl groups is 2. The van der Waals surface area contributed by atoms with Gasteiger partial charge in [-0.25, -0.2) is 0 Å². The Kier molecular flexibility index (Phi) is 6.26. The molecule has 1 aromatic carbocycles. The van der Waals surface area contributed by atoms with E-state index in [-0.39, 0.29) is 20.6 Å². The molecule has 0 saturated carbocycles. The quantitative estimate of drug-likeness (QED) is 0.806. The summed E-state index contributed by atoms with van der Waals surface area (Å²) in [6, 6.07) is 9.80. The fourth-order valence-corrected chi connectivity index (χ4v) is 1.28. The Balaban J connectivity index is 0.00000225. The monoisotopic (exact) mass is 226 g/mol. The van der Waals surface area contributed by atoms with Crippen molar-refractivity contribution in [1.82, 2.24) is 0 Å². The first kappa shape index (κ1) is 15.1. The highest BCUT2D eigenvalue weighted by Gasteiger charge is 2.21. The zero-order valence-electron chi connectivity index (χ0n) is 9.18. The van der Waals surface area contributed by atoms with Gasteiger partial charge < -0.3 is 14.9 Å². The number of aliphatic hydroxyl groups excluding tert-OH is 2. The highest BCUT2D eigenvalue weighted by atomic mass is 16.5. The summed E-state index contributed by atoms with van der Waals surface area (Å²) in [5.41, 5.74) is 0.604. The maximum atomic E-state index is 9.19. The van der Waals surface area contributed by atoms with E-state index in [9.17, 15) is 5.11 Å². The van der Waals surface area contributed by atoms with Gasteiger partial charge in [-0.1, -0.05) is 37.8 Å². The molecule has 0 radical (unpaired) electrons. The van der Waals surface area contributed by atoms with Gasteiger partial charge in [0.25, 0.3) is 0 Å². The summed E-state index contributed by atoms with van der Waals surface area (Å²) in [4.78, 5) is 0. The minimum Gasteiger partial charge on any atom is -0.394 e. The summed E-state index contributed by atoms with van der Waals surface area (Å²) < 4.78 is 5.56. The number of ether oxygens (including phenoxy) is 1. The van der Waals surface area contributed by atoms with Crippen LogP contribution in [-0.2, 0) is 10.3 Å². The molecule has 1 atom stereocenters. The molecule has 0 aliphatic heterocycles. The molecule has 0 heterocycles. The third-order valence-corrected chi connectivity index (χ3v) is 2.32. The molecule has 3 heteroatoms. The Morgan fingerprint density at radius 3 is 2.31 bits per heavy atom. The van der Waals surface area contributed by atoms with Gasteiger partial charge in [0.2, 0.25) is 0 Å². The summed E-state index contributed by atoms with van der Waals surface area (Å²) in [7, 11) is 0. The van der Waals surface area contributed by atoms with Gasteiger partial charge >= 0.3 is 0 Å². The van der Waals surface area contributed by atoms with E-state index >= 15 is 0 Å². The van der Waals surface area contributed by atoms with Crippen LogP contribution in [0, 0.1) is 0 Å². The first-order valence-corrected chi connectivity index (χ1v) is 5.04. The van der Waals surface area contributed by atoms with Crippen LogP contribution in [0.4, 0.5) is 0 Å². The molecule has 3 nitrogen and oxygen atoms in total. The van der Waals surface area contributed by atoms with Gasteiger partial charge in [-0.05, 0) is 19.4 Å². The third-order valence-electron chi connectivity index (χ3n) is 2.32. The summed E-state index contributed by atoms with van der Waals surface area (Å²) in [5.74, 6) is 0. The molecule has 0 fully saturated rings. The van der Waals surface area contributed by atoms with Crippen LogP contribution in [0.5, 0.6) is 0 Å². The Bertz CT molecular complexity index is 282.